The highest BCUT2D eigenvalue weighted by molar-refractivity contribution is 9.10. The number of amides is 1. The molecule has 1 saturated heterocycles. The van der Waals surface area contributed by atoms with Gasteiger partial charge in [-0.25, -0.2) is 14.2 Å². The Bertz CT molecular complexity index is 540. The molecule has 22 heavy (non-hydrogen) atoms. The number of pyridine rings is 1. The zero-order valence-corrected chi connectivity index (χ0v) is 14.5. The summed E-state index contributed by atoms with van der Waals surface area (Å²) in [5.74, 6) is -0.497. The van der Waals surface area contributed by atoms with E-state index in [1.165, 1.54) is 12.1 Å². The first-order valence-corrected chi connectivity index (χ1v) is 8.00. The van der Waals surface area contributed by atoms with Crippen LogP contribution >= 0.6 is 15.9 Å². The topological polar surface area (TPSA) is 51.7 Å². The predicted molar refractivity (Wildman–Crippen MR) is 83.4 cm³/mol. The highest BCUT2D eigenvalue weighted by Gasteiger charge is 2.28. The summed E-state index contributed by atoms with van der Waals surface area (Å²) in [5.41, 5.74) is -0.506. The molecule has 1 fully saturated rings. The number of rotatable bonds is 2. The van der Waals surface area contributed by atoms with Gasteiger partial charge in [0.05, 0.1) is 0 Å². The Morgan fingerprint density at radius 2 is 2.00 bits per heavy atom. The smallest absolute Gasteiger partial charge is 0.410 e. The number of aromatic nitrogens is 1. The molecule has 0 spiro atoms. The van der Waals surface area contributed by atoms with E-state index < -0.39 is 11.4 Å². The minimum absolute atomic E-state index is 0.00917. The maximum atomic E-state index is 13.6. The summed E-state index contributed by atoms with van der Waals surface area (Å²) in [7, 11) is 0. The Morgan fingerprint density at radius 3 is 2.59 bits per heavy atom. The van der Waals surface area contributed by atoms with E-state index in [-0.39, 0.29) is 18.1 Å². The molecule has 0 bridgehead atoms. The van der Waals surface area contributed by atoms with Crippen molar-refractivity contribution in [3.63, 3.8) is 0 Å². The summed E-state index contributed by atoms with van der Waals surface area (Å²) >= 11 is 3.19. The molecule has 1 aliphatic heterocycles. The second kappa shape index (κ2) is 6.81. The van der Waals surface area contributed by atoms with Gasteiger partial charge >= 0.3 is 6.09 Å². The first kappa shape index (κ1) is 17.0. The summed E-state index contributed by atoms with van der Waals surface area (Å²) < 4.78 is 25.1. The van der Waals surface area contributed by atoms with E-state index in [0.29, 0.717) is 30.5 Å². The summed E-state index contributed by atoms with van der Waals surface area (Å²) in [6, 6.07) is 2.83. The Hall–Kier alpha value is -1.37. The average Bonchev–Trinajstić information content (AvgIpc) is 2.42. The van der Waals surface area contributed by atoms with Crippen molar-refractivity contribution in [1.29, 1.82) is 0 Å². The lowest BCUT2D eigenvalue weighted by molar-refractivity contribution is 0.0119. The fourth-order valence-electron chi connectivity index (χ4n) is 2.12. The Kier molecular flexibility index (Phi) is 5.26. The fraction of sp³-hybridized carbons (Fsp3) is 0.600. The number of hydrogen-bond donors (Lipinski definition) is 0. The van der Waals surface area contributed by atoms with Crippen LogP contribution in [0.15, 0.2) is 16.7 Å². The zero-order chi connectivity index (χ0) is 16.3. The number of nitrogens with zero attached hydrogens (tertiary/aromatic N) is 2. The van der Waals surface area contributed by atoms with Gasteiger partial charge in [0.2, 0.25) is 0 Å². The van der Waals surface area contributed by atoms with Crippen molar-refractivity contribution in [3.05, 3.63) is 22.6 Å². The van der Waals surface area contributed by atoms with Crippen LogP contribution in [0.5, 0.6) is 5.88 Å². The maximum absolute atomic E-state index is 13.6. The monoisotopic (exact) mass is 374 g/mol. The quantitative estimate of drug-likeness (QED) is 0.739. The molecule has 0 saturated carbocycles. The largest absolute Gasteiger partial charge is 0.472 e. The fourth-order valence-corrected chi connectivity index (χ4v) is 2.42. The second-order valence-electron chi connectivity index (χ2n) is 6.21. The summed E-state index contributed by atoms with van der Waals surface area (Å²) in [6.45, 7) is 6.55. The third kappa shape index (κ3) is 4.83. The van der Waals surface area contributed by atoms with E-state index in [0.717, 1.165) is 0 Å². The van der Waals surface area contributed by atoms with Crippen molar-refractivity contribution < 1.29 is 18.7 Å². The molecule has 1 aliphatic rings. The Balaban J connectivity index is 1.87. The first-order valence-electron chi connectivity index (χ1n) is 7.21. The van der Waals surface area contributed by atoms with Gasteiger partial charge in [0.15, 0.2) is 5.82 Å². The van der Waals surface area contributed by atoms with Gasteiger partial charge in [0.1, 0.15) is 16.3 Å². The Morgan fingerprint density at radius 1 is 1.36 bits per heavy atom. The molecule has 2 heterocycles. The molecule has 0 aromatic carbocycles. The van der Waals surface area contributed by atoms with Crippen LogP contribution in [0.1, 0.15) is 33.6 Å². The molecule has 1 aromatic heterocycles. The zero-order valence-electron chi connectivity index (χ0n) is 12.9. The normalized spacial score (nSPS) is 16.5. The van der Waals surface area contributed by atoms with E-state index in [4.69, 9.17) is 9.47 Å². The van der Waals surface area contributed by atoms with Gasteiger partial charge in [-0.15, -0.1) is 0 Å². The molecule has 1 aromatic rings. The second-order valence-corrected chi connectivity index (χ2v) is 7.02. The van der Waals surface area contributed by atoms with Crippen molar-refractivity contribution in [2.45, 2.75) is 45.3 Å². The lowest BCUT2D eigenvalue weighted by atomic mass is 10.1. The highest BCUT2D eigenvalue weighted by atomic mass is 79.9. The molecule has 7 heteroatoms. The van der Waals surface area contributed by atoms with Crippen LogP contribution in [0.2, 0.25) is 0 Å². The van der Waals surface area contributed by atoms with Crippen LogP contribution in [0.4, 0.5) is 9.18 Å². The van der Waals surface area contributed by atoms with E-state index in [1.807, 2.05) is 20.8 Å². The van der Waals surface area contributed by atoms with E-state index in [2.05, 4.69) is 20.9 Å². The van der Waals surface area contributed by atoms with Crippen LogP contribution in [0.3, 0.4) is 0 Å². The summed E-state index contributed by atoms with van der Waals surface area (Å²) in [5, 5.41) is 0. The first-order chi connectivity index (χ1) is 10.2. The number of hydrogen-bond acceptors (Lipinski definition) is 4. The van der Waals surface area contributed by atoms with Gasteiger partial charge in [-0.1, -0.05) is 0 Å². The number of carbonyl (C=O) groups is 1. The number of halogens is 2. The van der Waals surface area contributed by atoms with E-state index >= 15 is 0 Å². The van der Waals surface area contributed by atoms with Gasteiger partial charge in [0, 0.05) is 25.9 Å². The van der Waals surface area contributed by atoms with E-state index in [9.17, 15) is 9.18 Å². The lowest BCUT2D eigenvalue weighted by Crippen LogP contribution is -2.44. The molecular formula is C15H20BrFN2O3. The SMILES string of the molecule is CC(C)(C)OC(=O)N1CCC(Oc2nc(Br)ccc2F)CC1. The molecule has 0 atom stereocenters. The van der Waals surface area contributed by atoms with Gasteiger partial charge < -0.3 is 14.4 Å². The van der Waals surface area contributed by atoms with Gasteiger partial charge in [-0.05, 0) is 48.8 Å². The average molecular weight is 375 g/mol. The van der Waals surface area contributed by atoms with Crippen LogP contribution in [-0.2, 0) is 4.74 Å². The molecular weight excluding hydrogens is 355 g/mol. The molecule has 0 radical (unpaired) electrons. The molecule has 0 N–H and O–H groups in total. The molecule has 1 amide bonds. The lowest BCUT2D eigenvalue weighted by Gasteiger charge is -2.33. The van der Waals surface area contributed by atoms with Crippen LogP contribution in [-0.4, -0.2) is 40.8 Å². The number of piperidine rings is 1. The highest BCUT2D eigenvalue weighted by Crippen LogP contribution is 2.23. The van der Waals surface area contributed by atoms with Gasteiger partial charge in [-0.2, -0.15) is 0 Å². The van der Waals surface area contributed by atoms with Gasteiger partial charge in [-0.3, -0.25) is 0 Å². The van der Waals surface area contributed by atoms with E-state index in [1.54, 1.807) is 4.90 Å². The molecule has 5 nitrogen and oxygen atoms in total. The van der Waals surface area contributed by atoms with Crippen molar-refractivity contribution >= 4 is 22.0 Å². The van der Waals surface area contributed by atoms with Crippen molar-refractivity contribution in [3.8, 4) is 5.88 Å². The summed E-state index contributed by atoms with van der Waals surface area (Å²) in [6.07, 6.45) is 0.757. The Labute approximate surface area is 137 Å². The van der Waals surface area contributed by atoms with Gasteiger partial charge in [0.25, 0.3) is 5.88 Å². The van der Waals surface area contributed by atoms with Crippen molar-refractivity contribution in [2.24, 2.45) is 0 Å². The number of carbonyl (C=O) groups excluding carboxylic acids is 1. The third-order valence-corrected chi connectivity index (χ3v) is 3.59. The molecule has 2 rings (SSSR count). The predicted octanol–water partition coefficient (Wildman–Crippen LogP) is 3.76. The van der Waals surface area contributed by atoms with Crippen LogP contribution in [0, 0.1) is 5.82 Å². The minimum Gasteiger partial charge on any atom is -0.472 e. The van der Waals surface area contributed by atoms with Crippen LogP contribution < -0.4 is 4.74 Å². The van der Waals surface area contributed by atoms with Crippen molar-refractivity contribution in [2.75, 3.05) is 13.1 Å². The molecule has 0 unspecified atom stereocenters. The molecule has 122 valence electrons. The molecule has 0 aliphatic carbocycles. The standard InChI is InChI=1S/C15H20BrFN2O3/c1-15(2,3)22-14(20)19-8-6-10(7-9-19)21-13-11(17)4-5-12(16)18-13/h4-5,10H,6-9H2,1-3H3. The third-order valence-electron chi connectivity index (χ3n) is 3.15. The minimum atomic E-state index is -0.506. The van der Waals surface area contributed by atoms with Crippen molar-refractivity contribution in [1.82, 2.24) is 9.88 Å². The number of ether oxygens (including phenoxy) is 2. The maximum Gasteiger partial charge on any atom is 0.410 e. The summed E-state index contributed by atoms with van der Waals surface area (Å²) in [4.78, 5) is 17.6. The van der Waals surface area contributed by atoms with Crippen LogP contribution in [0.25, 0.3) is 0 Å². The number of likely N-dealkylation sites (tertiary alicyclic amines) is 1.